The molecule has 0 fully saturated rings. The van der Waals surface area contributed by atoms with Gasteiger partial charge in [0.15, 0.2) is 5.78 Å². The third-order valence-electron chi connectivity index (χ3n) is 7.48. The highest BCUT2D eigenvalue weighted by molar-refractivity contribution is 6.01. The SMILES string of the molecule is CCN(CC)CC(O)CCC(=O)c1ccc(C#Cc2c(N)ncc3ccc(C#CCNC(=O)/C(C#N)=C/c4ccncc4)cc23)cc1. The molecule has 2 aromatic carbocycles. The third-order valence-corrected chi connectivity index (χ3v) is 7.48. The maximum absolute atomic E-state index is 12.7. The summed E-state index contributed by atoms with van der Waals surface area (Å²) in [4.78, 5) is 35.5. The lowest BCUT2D eigenvalue weighted by Gasteiger charge is -2.21. The first-order valence-corrected chi connectivity index (χ1v) is 15.3. The molecule has 4 aromatic rings. The summed E-state index contributed by atoms with van der Waals surface area (Å²) < 4.78 is 0. The number of likely N-dealkylation sites (N-methyl/N-ethyl adjacent to an activating group) is 1. The van der Waals surface area contributed by atoms with E-state index in [9.17, 15) is 20.0 Å². The molecule has 1 amide bonds. The van der Waals surface area contributed by atoms with Gasteiger partial charge in [-0.05, 0) is 67.5 Å². The minimum atomic E-state index is -0.542. The highest BCUT2D eigenvalue weighted by Crippen LogP contribution is 2.23. The van der Waals surface area contributed by atoms with Gasteiger partial charge in [0.2, 0.25) is 0 Å². The Kier molecular flexibility index (Phi) is 12.4. The van der Waals surface area contributed by atoms with E-state index in [-0.39, 0.29) is 30.1 Å². The lowest BCUT2D eigenvalue weighted by molar-refractivity contribution is -0.116. The van der Waals surface area contributed by atoms with Crippen LogP contribution < -0.4 is 11.1 Å². The standard InChI is InChI=1S/C38H36N6O3/c1-3-44(4-2)26-33(45)14-16-36(46)30-11-7-27(8-12-30)10-15-34-35-23-28(9-13-31(35)25-43-37(34)40)6-5-19-42-38(47)32(24-39)22-29-17-20-41-21-18-29/h7-9,11-13,17-18,20-23,25,33,45H,3-4,14,16,19,26H2,1-2H3,(H2,40,43)(H,42,47)/b32-22+. The van der Waals surface area contributed by atoms with Crippen molar-refractivity contribution in [3.8, 4) is 29.8 Å². The average Bonchev–Trinajstić information content (AvgIpc) is 3.10. The number of rotatable bonds is 11. The number of Topliss-reactive ketones (excluding diaryl/α,β-unsaturated/α-hetero) is 1. The van der Waals surface area contributed by atoms with Crippen molar-refractivity contribution in [1.82, 2.24) is 20.2 Å². The van der Waals surface area contributed by atoms with Gasteiger partial charge in [-0.25, -0.2) is 4.98 Å². The molecule has 0 radical (unpaired) electrons. The van der Waals surface area contributed by atoms with Gasteiger partial charge in [0.1, 0.15) is 17.5 Å². The number of hydrogen-bond acceptors (Lipinski definition) is 8. The smallest absolute Gasteiger partial charge is 0.262 e. The Hall–Kier alpha value is -5.79. The quantitative estimate of drug-likeness (QED) is 0.0967. The Morgan fingerprint density at radius 3 is 2.45 bits per heavy atom. The van der Waals surface area contributed by atoms with Gasteiger partial charge in [-0.2, -0.15) is 5.26 Å². The first kappa shape index (κ1) is 34.1. The topological polar surface area (TPSA) is 145 Å². The number of benzene rings is 2. The Bertz CT molecular complexity index is 1920. The maximum atomic E-state index is 12.7. The van der Waals surface area contributed by atoms with Gasteiger partial charge in [0, 0.05) is 59.0 Å². The normalized spacial score (nSPS) is 11.5. The summed E-state index contributed by atoms with van der Waals surface area (Å²) in [6.45, 7) is 6.43. The number of carbonyl (C=O) groups is 2. The van der Waals surface area contributed by atoms with Gasteiger partial charge in [-0.3, -0.25) is 14.6 Å². The van der Waals surface area contributed by atoms with E-state index in [2.05, 4.69) is 57.7 Å². The molecule has 0 spiro atoms. The van der Waals surface area contributed by atoms with E-state index in [0.717, 1.165) is 23.9 Å². The average molecular weight is 625 g/mol. The first-order chi connectivity index (χ1) is 22.8. The fraction of sp³-hybridized carbons (Fsp3) is 0.237. The van der Waals surface area contributed by atoms with Crippen molar-refractivity contribution in [2.24, 2.45) is 0 Å². The van der Waals surface area contributed by atoms with Crippen molar-refractivity contribution in [2.75, 3.05) is 31.9 Å². The molecule has 0 aliphatic rings. The lowest BCUT2D eigenvalue weighted by atomic mass is 10.0. The van der Waals surface area contributed by atoms with Crippen molar-refractivity contribution < 1.29 is 14.7 Å². The zero-order valence-electron chi connectivity index (χ0n) is 26.5. The summed E-state index contributed by atoms with van der Waals surface area (Å²) >= 11 is 0. The molecule has 47 heavy (non-hydrogen) atoms. The fourth-order valence-corrected chi connectivity index (χ4v) is 4.76. The number of fused-ring (bicyclic) bond motifs is 1. The number of hydrogen-bond donors (Lipinski definition) is 3. The van der Waals surface area contributed by atoms with Gasteiger partial charge in [0.25, 0.3) is 5.91 Å². The van der Waals surface area contributed by atoms with Crippen LogP contribution in [0.5, 0.6) is 0 Å². The van der Waals surface area contributed by atoms with Crippen molar-refractivity contribution in [3.05, 3.63) is 107 Å². The number of nitrogens with one attached hydrogen (secondary N) is 1. The Morgan fingerprint density at radius 1 is 1.02 bits per heavy atom. The molecule has 4 rings (SSSR count). The summed E-state index contributed by atoms with van der Waals surface area (Å²) in [6, 6.07) is 18.0. The second-order valence-electron chi connectivity index (χ2n) is 10.7. The predicted octanol–water partition coefficient (Wildman–Crippen LogP) is 4.35. The van der Waals surface area contributed by atoms with E-state index in [1.807, 2.05) is 24.3 Å². The van der Waals surface area contributed by atoms with Crippen molar-refractivity contribution in [3.63, 3.8) is 0 Å². The number of nitrogens with two attached hydrogens (primary N) is 1. The monoisotopic (exact) mass is 624 g/mol. The van der Waals surface area contributed by atoms with Crippen LogP contribution in [0.25, 0.3) is 16.8 Å². The van der Waals surface area contributed by atoms with Crippen LogP contribution in [0.1, 0.15) is 59.3 Å². The summed E-state index contributed by atoms with van der Waals surface area (Å²) in [6.07, 6.45) is 6.47. The van der Waals surface area contributed by atoms with Crippen LogP contribution in [-0.4, -0.2) is 63.9 Å². The molecule has 0 aliphatic carbocycles. The van der Waals surface area contributed by atoms with E-state index in [1.54, 1.807) is 55.0 Å². The van der Waals surface area contributed by atoms with E-state index < -0.39 is 12.0 Å². The molecule has 0 saturated heterocycles. The molecule has 0 aliphatic heterocycles. The number of nitrogens with zero attached hydrogens (tertiary/aromatic N) is 4. The second kappa shape index (κ2) is 17.1. The molecule has 0 bridgehead atoms. The molecule has 4 N–H and O–H groups in total. The van der Waals surface area contributed by atoms with Crippen molar-refractivity contribution >= 4 is 34.4 Å². The molecule has 9 heteroatoms. The highest BCUT2D eigenvalue weighted by atomic mass is 16.3. The zero-order valence-corrected chi connectivity index (χ0v) is 26.5. The van der Waals surface area contributed by atoms with E-state index in [0.29, 0.717) is 40.8 Å². The summed E-state index contributed by atoms with van der Waals surface area (Å²) in [5, 5.41) is 23.9. The summed E-state index contributed by atoms with van der Waals surface area (Å²) in [5.41, 5.74) is 9.42. The molecular weight excluding hydrogens is 588 g/mol. The fourth-order valence-electron chi connectivity index (χ4n) is 4.76. The number of nitriles is 1. The minimum Gasteiger partial charge on any atom is -0.392 e. The van der Waals surface area contributed by atoms with Crippen molar-refractivity contribution in [2.45, 2.75) is 32.8 Å². The van der Waals surface area contributed by atoms with Gasteiger partial charge in [-0.15, -0.1) is 0 Å². The number of aliphatic hydroxyl groups is 1. The number of carbonyl (C=O) groups excluding carboxylic acids is 2. The molecule has 1 unspecified atom stereocenters. The van der Waals surface area contributed by atoms with Gasteiger partial charge < -0.3 is 21.1 Å². The van der Waals surface area contributed by atoms with Crippen LogP contribution in [0, 0.1) is 35.0 Å². The molecule has 2 aromatic heterocycles. The summed E-state index contributed by atoms with van der Waals surface area (Å²) in [7, 11) is 0. The Labute approximate surface area is 275 Å². The van der Waals surface area contributed by atoms with Crippen LogP contribution in [0.3, 0.4) is 0 Å². The first-order valence-electron chi connectivity index (χ1n) is 15.3. The molecule has 9 nitrogen and oxygen atoms in total. The van der Waals surface area contributed by atoms with E-state index >= 15 is 0 Å². The molecular formula is C38H36N6O3. The number of ketones is 1. The maximum Gasteiger partial charge on any atom is 0.262 e. The van der Waals surface area contributed by atoms with Crippen LogP contribution >= 0.6 is 0 Å². The van der Waals surface area contributed by atoms with Crippen LogP contribution in [0.2, 0.25) is 0 Å². The van der Waals surface area contributed by atoms with Crippen LogP contribution in [-0.2, 0) is 4.79 Å². The molecule has 0 saturated carbocycles. The van der Waals surface area contributed by atoms with Crippen LogP contribution in [0.4, 0.5) is 5.82 Å². The Morgan fingerprint density at radius 2 is 1.74 bits per heavy atom. The Balaban J connectivity index is 1.42. The number of nitrogen functional groups attached to an aromatic ring is 1. The highest BCUT2D eigenvalue weighted by Gasteiger charge is 2.13. The number of pyridine rings is 2. The van der Waals surface area contributed by atoms with E-state index in [1.165, 1.54) is 6.08 Å². The second-order valence-corrected chi connectivity index (χ2v) is 10.7. The number of aromatic nitrogens is 2. The van der Waals surface area contributed by atoms with E-state index in [4.69, 9.17) is 5.73 Å². The number of aliphatic hydroxyl groups excluding tert-OH is 1. The predicted molar refractivity (Wildman–Crippen MR) is 184 cm³/mol. The van der Waals surface area contributed by atoms with Gasteiger partial charge in [-0.1, -0.05) is 55.7 Å². The van der Waals surface area contributed by atoms with Crippen molar-refractivity contribution in [1.29, 1.82) is 5.26 Å². The minimum absolute atomic E-state index is 0.0225. The largest absolute Gasteiger partial charge is 0.392 e. The lowest BCUT2D eigenvalue weighted by Crippen LogP contribution is -2.32. The van der Waals surface area contributed by atoms with Gasteiger partial charge in [0.05, 0.1) is 18.2 Å². The third kappa shape index (κ3) is 9.85. The summed E-state index contributed by atoms with van der Waals surface area (Å²) in [5.74, 6) is 11.9. The molecule has 236 valence electrons. The number of amides is 1. The number of anilines is 1. The van der Waals surface area contributed by atoms with Crippen LogP contribution in [0.15, 0.2) is 78.8 Å². The zero-order chi connectivity index (χ0) is 33.6. The van der Waals surface area contributed by atoms with Gasteiger partial charge >= 0.3 is 0 Å². The molecule has 2 heterocycles. The molecule has 1 atom stereocenters.